The third-order valence-electron chi connectivity index (χ3n) is 2.00. The summed E-state index contributed by atoms with van der Waals surface area (Å²) in [5, 5.41) is 10.1. The van der Waals surface area contributed by atoms with E-state index in [1.54, 1.807) is 11.3 Å². The molecule has 0 amide bonds. The molecule has 1 heterocycles. The Morgan fingerprint density at radius 3 is 2.85 bits per heavy atom. The maximum atomic E-state index is 8.87. The van der Waals surface area contributed by atoms with Gasteiger partial charge in [0, 0.05) is 13.7 Å². The molecule has 2 aromatic rings. The molecule has 0 atom stereocenters. The van der Waals surface area contributed by atoms with Crippen molar-refractivity contribution in [2.24, 2.45) is 0 Å². The molecule has 0 unspecified atom stereocenters. The Morgan fingerprint density at radius 2 is 2.23 bits per heavy atom. The average molecular weight is 299 g/mol. The number of halogens is 1. The van der Waals surface area contributed by atoms with Gasteiger partial charge in [-0.05, 0) is 47.2 Å². The Labute approximate surface area is 94.1 Å². The van der Waals surface area contributed by atoms with Gasteiger partial charge in [0.1, 0.15) is 10.9 Å². The lowest BCUT2D eigenvalue weighted by atomic mass is 10.1. The normalized spacial score (nSPS) is 10.2. The van der Waals surface area contributed by atoms with Crippen molar-refractivity contribution in [3.63, 3.8) is 0 Å². The van der Waals surface area contributed by atoms with Crippen molar-refractivity contribution < 1.29 is 0 Å². The van der Waals surface area contributed by atoms with E-state index < -0.39 is 0 Å². The minimum Gasteiger partial charge on any atom is -0.192 e. The van der Waals surface area contributed by atoms with Gasteiger partial charge in [-0.25, -0.2) is 0 Å². The second-order valence-corrected chi connectivity index (χ2v) is 5.00. The summed E-state index contributed by atoms with van der Waals surface area (Å²) in [5.74, 6) is 0. The molecule has 13 heavy (non-hydrogen) atoms. The molecule has 64 valence electrons. The number of fused-ring (bicyclic) bond motifs is 1. The van der Waals surface area contributed by atoms with Crippen LogP contribution in [0.25, 0.3) is 10.1 Å². The number of benzene rings is 1. The van der Waals surface area contributed by atoms with Crippen LogP contribution in [0.15, 0.2) is 18.2 Å². The van der Waals surface area contributed by atoms with E-state index in [9.17, 15) is 0 Å². The zero-order valence-electron chi connectivity index (χ0n) is 6.97. The number of hydrogen-bond acceptors (Lipinski definition) is 2. The zero-order chi connectivity index (χ0) is 9.42. The summed E-state index contributed by atoms with van der Waals surface area (Å²) in [4.78, 5) is 0.833. The van der Waals surface area contributed by atoms with Crippen molar-refractivity contribution in [2.45, 2.75) is 6.92 Å². The molecule has 0 bridgehead atoms. The Kier molecular flexibility index (Phi) is 2.26. The first-order chi connectivity index (χ1) is 6.24. The van der Waals surface area contributed by atoms with Crippen LogP contribution in [0.1, 0.15) is 10.4 Å². The van der Waals surface area contributed by atoms with Crippen molar-refractivity contribution >= 4 is 44.0 Å². The first kappa shape index (κ1) is 8.97. The molecule has 0 aliphatic rings. The van der Waals surface area contributed by atoms with Gasteiger partial charge in [0.2, 0.25) is 0 Å². The van der Waals surface area contributed by atoms with Crippen LogP contribution in [0, 0.1) is 21.8 Å². The highest BCUT2D eigenvalue weighted by molar-refractivity contribution is 14.1. The first-order valence-electron chi connectivity index (χ1n) is 3.81. The van der Waals surface area contributed by atoms with Gasteiger partial charge in [-0.2, -0.15) is 5.26 Å². The number of thiophene rings is 1. The fourth-order valence-electron chi connectivity index (χ4n) is 1.36. The molecule has 0 radical (unpaired) electrons. The SMILES string of the molecule is Cc1c(C#N)sc2cccc(I)c12. The second kappa shape index (κ2) is 3.28. The summed E-state index contributed by atoms with van der Waals surface area (Å²) >= 11 is 3.88. The molecule has 1 aromatic heterocycles. The predicted octanol–water partition coefficient (Wildman–Crippen LogP) is 3.69. The van der Waals surface area contributed by atoms with E-state index >= 15 is 0 Å². The molecule has 0 saturated carbocycles. The van der Waals surface area contributed by atoms with Crippen molar-refractivity contribution in [2.75, 3.05) is 0 Å². The lowest BCUT2D eigenvalue weighted by Crippen LogP contribution is -1.75. The van der Waals surface area contributed by atoms with Crippen molar-refractivity contribution in [3.05, 3.63) is 32.2 Å². The van der Waals surface area contributed by atoms with Gasteiger partial charge in [0.05, 0.1) is 0 Å². The summed E-state index contributed by atoms with van der Waals surface area (Å²) in [6.45, 7) is 2.01. The van der Waals surface area contributed by atoms with Crippen LogP contribution < -0.4 is 0 Å². The molecular formula is C10H6INS. The Bertz CT molecular complexity index is 507. The van der Waals surface area contributed by atoms with Crippen molar-refractivity contribution in [1.29, 1.82) is 5.26 Å². The molecule has 2 rings (SSSR count). The van der Waals surface area contributed by atoms with E-state index in [0.717, 1.165) is 10.4 Å². The molecule has 0 aliphatic heterocycles. The minimum atomic E-state index is 0.833. The highest BCUT2D eigenvalue weighted by Crippen LogP contribution is 2.33. The highest BCUT2D eigenvalue weighted by atomic mass is 127. The molecule has 0 fully saturated rings. The van der Waals surface area contributed by atoms with Gasteiger partial charge in [0.15, 0.2) is 0 Å². The van der Waals surface area contributed by atoms with Crippen LogP contribution >= 0.6 is 33.9 Å². The second-order valence-electron chi connectivity index (χ2n) is 2.78. The molecule has 1 aromatic carbocycles. The standard InChI is InChI=1S/C10H6INS/c1-6-9(5-12)13-8-4-2-3-7(11)10(6)8/h2-4H,1H3. The summed E-state index contributed by atoms with van der Waals surface area (Å²) < 4.78 is 2.44. The Morgan fingerprint density at radius 1 is 1.46 bits per heavy atom. The third kappa shape index (κ3) is 1.34. The molecular weight excluding hydrogens is 293 g/mol. The lowest BCUT2D eigenvalue weighted by molar-refractivity contribution is 1.48. The quantitative estimate of drug-likeness (QED) is 0.681. The van der Waals surface area contributed by atoms with E-state index in [-0.39, 0.29) is 0 Å². The summed E-state index contributed by atoms with van der Waals surface area (Å²) in [7, 11) is 0. The van der Waals surface area contributed by atoms with Crippen molar-refractivity contribution in [3.8, 4) is 6.07 Å². The van der Waals surface area contributed by atoms with Crippen LogP contribution in [0.5, 0.6) is 0 Å². The fraction of sp³-hybridized carbons (Fsp3) is 0.100. The van der Waals surface area contributed by atoms with E-state index in [4.69, 9.17) is 5.26 Å². The first-order valence-corrected chi connectivity index (χ1v) is 5.71. The topological polar surface area (TPSA) is 23.8 Å². The highest BCUT2D eigenvalue weighted by Gasteiger charge is 2.09. The molecule has 0 aliphatic carbocycles. The van der Waals surface area contributed by atoms with E-state index in [0.29, 0.717) is 0 Å². The van der Waals surface area contributed by atoms with Crippen LogP contribution in [0.4, 0.5) is 0 Å². The van der Waals surface area contributed by atoms with Crippen LogP contribution in [0.3, 0.4) is 0 Å². The smallest absolute Gasteiger partial charge is 0.110 e. The van der Waals surface area contributed by atoms with Gasteiger partial charge in [-0.3, -0.25) is 0 Å². The Hall–Kier alpha value is -0.600. The molecule has 0 saturated heterocycles. The summed E-state index contributed by atoms with van der Waals surface area (Å²) in [6.07, 6.45) is 0. The number of nitrogens with zero attached hydrogens (tertiary/aromatic N) is 1. The van der Waals surface area contributed by atoms with E-state index in [1.165, 1.54) is 13.7 Å². The minimum absolute atomic E-state index is 0.833. The summed E-state index contributed by atoms with van der Waals surface area (Å²) in [5.41, 5.74) is 1.12. The summed E-state index contributed by atoms with van der Waals surface area (Å²) in [6, 6.07) is 8.39. The fourth-order valence-corrected chi connectivity index (χ4v) is 3.48. The van der Waals surface area contributed by atoms with Gasteiger partial charge >= 0.3 is 0 Å². The van der Waals surface area contributed by atoms with E-state index in [2.05, 4.69) is 40.8 Å². The van der Waals surface area contributed by atoms with Gasteiger partial charge < -0.3 is 0 Å². The number of hydrogen-bond donors (Lipinski definition) is 0. The van der Waals surface area contributed by atoms with Crippen LogP contribution in [-0.2, 0) is 0 Å². The number of nitriles is 1. The van der Waals surface area contributed by atoms with Crippen LogP contribution in [0.2, 0.25) is 0 Å². The zero-order valence-corrected chi connectivity index (χ0v) is 9.94. The average Bonchev–Trinajstić information content (AvgIpc) is 2.44. The molecule has 3 heteroatoms. The Balaban J connectivity index is 2.95. The number of rotatable bonds is 0. The van der Waals surface area contributed by atoms with E-state index in [1.807, 2.05) is 13.0 Å². The molecule has 1 nitrogen and oxygen atoms in total. The predicted molar refractivity (Wildman–Crippen MR) is 64.0 cm³/mol. The maximum Gasteiger partial charge on any atom is 0.110 e. The van der Waals surface area contributed by atoms with Crippen LogP contribution in [-0.4, -0.2) is 0 Å². The molecule has 0 N–H and O–H groups in total. The van der Waals surface area contributed by atoms with Crippen molar-refractivity contribution in [1.82, 2.24) is 0 Å². The van der Waals surface area contributed by atoms with Gasteiger partial charge in [-0.1, -0.05) is 6.07 Å². The number of aryl methyl sites for hydroxylation is 1. The van der Waals surface area contributed by atoms with Gasteiger partial charge in [0.25, 0.3) is 0 Å². The monoisotopic (exact) mass is 299 g/mol. The largest absolute Gasteiger partial charge is 0.192 e. The third-order valence-corrected chi connectivity index (χ3v) is 4.07. The lowest BCUT2D eigenvalue weighted by Gasteiger charge is -1.94. The maximum absolute atomic E-state index is 8.87. The van der Waals surface area contributed by atoms with Gasteiger partial charge in [-0.15, -0.1) is 11.3 Å². The molecule has 0 spiro atoms.